The summed E-state index contributed by atoms with van der Waals surface area (Å²) in [6, 6.07) is 0. The Hall–Kier alpha value is -1.53. The first-order chi connectivity index (χ1) is 11.1. The quantitative estimate of drug-likeness (QED) is 0.479. The van der Waals surface area contributed by atoms with Crippen LogP contribution in [0.3, 0.4) is 0 Å². The Morgan fingerprint density at radius 3 is 1.92 bits per heavy atom. The zero-order valence-electron chi connectivity index (χ0n) is 12.2. The first kappa shape index (κ1) is 14.8. The van der Waals surface area contributed by atoms with Gasteiger partial charge >= 0.3 is 0 Å². The van der Waals surface area contributed by atoms with E-state index in [1.165, 1.54) is 6.08 Å². The van der Waals surface area contributed by atoms with E-state index in [1.54, 1.807) is 0 Å². The van der Waals surface area contributed by atoms with Crippen LogP contribution in [0.4, 0.5) is 26.3 Å². The van der Waals surface area contributed by atoms with Gasteiger partial charge in [0.15, 0.2) is 17.3 Å². The summed E-state index contributed by atoms with van der Waals surface area (Å²) in [6.45, 7) is 0. The highest BCUT2D eigenvalue weighted by Gasteiger charge is 2.88. The zero-order chi connectivity index (χ0) is 17.3. The molecule has 0 N–H and O–H groups in total. The molecule has 24 heavy (non-hydrogen) atoms. The van der Waals surface area contributed by atoms with Crippen molar-refractivity contribution in [3.05, 3.63) is 36.0 Å². The van der Waals surface area contributed by atoms with E-state index < -0.39 is 70.2 Å². The molecule has 5 aliphatic carbocycles. The monoisotopic (exact) mass is 346 g/mol. The summed E-state index contributed by atoms with van der Waals surface area (Å²) in [7, 11) is 0. The number of halogens is 6. The third-order valence-corrected chi connectivity index (χ3v) is 6.76. The van der Waals surface area contributed by atoms with Gasteiger partial charge in [-0.3, -0.25) is 4.79 Å². The molecule has 0 heterocycles. The summed E-state index contributed by atoms with van der Waals surface area (Å²) >= 11 is 0. The molecule has 8 atom stereocenters. The molecule has 2 saturated carbocycles. The van der Waals surface area contributed by atoms with Gasteiger partial charge in [0.1, 0.15) is 0 Å². The van der Waals surface area contributed by atoms with E-state index in [1.807, 2.05) is 0 Å². The fourth-order valence-electron chi connectivity index (χ4n) is 5.59. The first-order valence-electron chi connectivity index (χ1n) is 7.88. The number of ketones is 1. The van der Waals surface area contributed by atoms with E-state index in [9.17, 15) is 13.6 Å². The van der Waals surface area contributed by atoms with Gasteiger partial charge in [-0.25, -0.2) is 26.3 Å². The van der Waals surface area contributed by atoms with Crippen LogP contribution in [0.2, 0.25) is 0 Å². The predicted octanol–water partition coefficient (Wildman–Crippen LogP) is 3.96. The number of fused-ring (bicyclic) bond motifs is 12. The molecular weight excluding hydrogens is 334 g/mol. The van der Waals surface area contributed by atoms with Crippen molar-refractivity contribution in [3.8, 4) is 0 Å². The summed E-state index contributed by atoms with van der Waals surface area (Å²) in [6.07, 6.45) is 3.80. The molecule has 0 saturated heterocycles. The van der Waals surface area contributed by atoms with Crippen molar-refractivity contribution in [3.63, 3.8) is 0 Å². The average Bonchev–Trinajstić information content (AvgIpc) is 3.26. The molecule has 0 aromatic carbocycles. The standard InChI is InChI=1S/C17H12F6O/c18-11-12(19)15(21)8-3-4-10(6-8)17(15,23)16(22)9-2-1-7(5-9)14(11,20)13(16)24/h1-4,7-10H,5-6H2/t7-,8?,9+,10?,14+,15?,16+,17?/m0/s1. The van der Waals surface area contributed by atoms with Crippen LogP contribution in [0.5, 0.6) is 0 Å². The number of carbonyl (C=O) groups is 1. The minimum Gasteiger partial charge on any atom is -0.292 e. The van der Waals surface area contributed by atoms with Crippen LogP contribution in [0.25, 0.3) is 0 Å². The SMILES string of the molecule is O=C1[C@]2(F)C(F)=C(F)C3(F)C4C=CC(C4)C3(F)[C@@]1(F)[C@@H]1C=C[C@H]2C1. The van der Waals surface area contributed by atoms with Gasteiger partial charge in [-0.15, -0.1) is 0 Å². The van der Waals surface area contributed by atoms with E-state index in [2.05, 4.69) is 0 Å². The molecule has 0 amide bonds. The second kappa shape index (κ2) is 3.68. The van der Waals surface area contributed by atoms with Crippen molar-refractivity contribution >= 4 is 5.78 Å². The van der Waals surface area contributed by atoms with Gasteiger partial charge in [0.2, 0.25) is 22.8 Å². The van der Waals surface area contributed by atoms with Gasteiger partial charge in [0, 0.05) is 23.7 Å². The number of Topliss-reactive ketones (excluding diaryl/α,β-unsaturated/α-hetero) is 1. The maximum Gasteiger partial charge on any atom is 0.231 e. The number of carbonyl (C=O) groups excluding carboxylic acids is 1. The molecule has 0 aromatic rings. The van der Waals surface area contributed by atoms with Crippen LogP contribution in [-0.4, -0.2) is 28.5 Å². The van der Waals surface area contributed by atoms with Gasteiger partial charge in [-0.05, 0) is 12.8 Å². The highest BCUT2D eigenvalue weighted by molar-refractivity contribution is 6.02. The second-order valence-electron chi connectivity index (χ2n) is 7.47. The van der Waals surface area contributed by atoms with E-state index >= 15 is 17.6 Å². The van der Waals surface area contributed by atoms with Crippen molar-refractivity contribution in [1.29, 1.82) is 0 Å². The molecule has 1 nitrogen and oxygen atoms in total. The van der Waals surface area contributed by atoms with E-state index in [4.69, 9.17) is 0 Å². The van der Waals surface area contributed by atoms with Crippen molar-refractivity contribution in [2.24, 2.45) is 23.7 Å². The van der Waals surface area contributed by atoms with Gasteiger partial charge in [-0.2, -0.15) is 0 Å². The summed E-state index contributed by atoms with van der Waals surface area (Å²) in [5.74, 6) is -12.5. The Balaban J connectivity index is 1.94. The summed E-state index contributed by atoms with van der Waals surface area (Å²) in [5.41, 5.74) is -14.7. The number of allylic oxidation sites excluding steroid dienone is 6. The Labute approximate surface area is 133 Å². The van der Waals surface area contributed by atoms with E-state index in [0.29, 0.717) is 0 Å². The minimum absolute atomic E-state index is 0.286. The van der Waals surface area contributed by atoms with Crippen LogP contribution in [0, 0.1) is 23.7 Å². The average molecular weight is 346 g/mol. The molecule has 0 aliphatic heterocycles. The van der Waals surface area contributed by atoms with Crippen LogP contribution in [-0.2, 0) is 4.79 Å². The Kier molecular flexibility index (Phi) is 2.26. The minimum atomic E-state index is -3.72. The van der Waals surface area contributed by atoms with Crippen LogP contribution < -0.4 is 0 Å². The topological polar surface area (TPSA) is 17.1 Å². The molecule has 5 rings (SSSR count). The third kappa shape index (κ3) is 1.04. The largest absolute Gasteiger partial charge is 0.292 e. The van der Waals surface area contributed by atoms with Crippen LogP contribution in [0.1, 0.15) is 12.8 Å². The zero-order valence-corrected chi connectivity index (χ0v) is 12.2. The van der Waals surface area contributed by atoms with E-state index in [0.717, 1.165) is 18.2 Å². The second-order valence-corrected chi connectivity index (χ2v) is 7.47. The highest BCUT2D eigenvalue weighted by Crippen LogP contribution is 2.72. The lowest BCUT2D eigenvalue weighted by Gasteiger charge is -2.50. The molecular formula is C17H12F6O. The van der Waals surface area contributed by atoms with Crippen LogP contribution in [0.15, 0.2) is 36.0 Å². The molecule has 2 fully saturated rings. The molecule has 0 spiro atoms. The smallest absolute Gasteiger partial charge is 0.231 e. The fourth-order valence-corrected chi connectivity index (χ4v) is 5.59. The van der Waals surface area contributed by atoms with Gasteiger partial charge in [-0.1, -0.05) is 24.3 Å². The summed E-state index contributed by atoms with van der Waals surface area (Å²) in [5, 5.41) is 0. The Morgan fingerprint density at radius 1 is 0.750 bits per heavy atom. The fraction of sp³-hybridized carbons (Fsp3) is 0.588. The third-order valence-electron chi connectivity index (χ3n) is 6.76. The lowest BCUT2D eigenvalue weighted by atomic mass is 9.58. The van der Waals surface area contributed by atoms with Crippen molar-refractivity contribution < 1.29 is 31.1 Å². The first-order valence-corrected chi connectivity index (χ1v) is 7.88. The van der Waals surface area contributed by atoms with Gasteiger partial charge in [0.05, 0.1) is 0 Å². The number of hydrogen-bond acceptors (Lipinski definition) is 1. The maximum absolute atomic E-state index is 16.0. The van der Waals surface area contributed by atoms with Gasteiger partial charge in [0.25, 0.3) is 0 Å². The maximum atomic E-state index is 16.0. The molecule has 5 aliphatic rings. The Bertz CT molecular complexity index is 788. The van der Waals surface area contributed by atoms with Gasteiger partial charge < -0.3 is 0 Å². The lowest BCUT2D eigenvalue weighted by molar-refractivity contribution is -0.188. The van der Waals surface area contributed by atoms with Crippen molar-refractivity contribution in [2.75, 3.05) is 0 Å². The molecule has 0 radical (unpaired) electrons. The number of alkyl halides is 4. The summed E-state index contributed by atoms with van der Waals surface area (Å²) in [4.78, 5) is 12.6. The molecule has 4 unspecified atom stereocenters. The molecule has 7 heteroatoms. The summed E-state index contributed by atoms with van der Waals surface area (Å²) < 4.78 is 92.2. The highest BCUT2D eigenvalue weighted by atomic mass is 19.2. The number of rotatable bonds is 0. The normalized spacial score (nSPS) is 60.0. The molecule has 0 aromatic heterocycles. The van der Waals surface area contributed by atoms with Crippen LogP contribution >= 0.6 is 0 Å². The Morgan fingerprint density at radius 2 is 1.25 bits per heavy atom. The predicted molar refractivity (Wildman–Crippen MR) is 71.1 cm³/mol. The molecule has 6 bridgehead atoms. The van der Waals surface area contributed by atoms with Crippen molar-refractivity contribution in [2.45, 2.75) is 35.5 Å². The number of hydrogen-bond donors (Lipinski definition) is 0. The molecule has 128 valence electrons. The lowest BCUT2D eigenvalue weighted by Crippen LogP contribution is -2.71. The van der Waals surface area contributed by atoms with Crippen molar-refractivity contribution in [1.82, 2.24) is 0 Å². The van der Waals surface area contributed by atoms with E-state index in [-0.39, 0.29) is 6.42 Å².